The molecule has 22 heavy (non-hydrogen) atoms. The van der Waals surface area contributed by atoms with Crippen molar-refractivity contribution in [2.75, 3.05) is 18.1 Å². The van der Waals surface area contributed by atoms with Gasteiger partial charge in [0.05, 0.1) is 17.0 Å². The van der Waals surface area contributed by atoms with Gasteiger partial charge >= 0.3 is 0 Å². The second-order valence-corrected chi connectivity index (χ2v) is 7.67. The first-order valence-electron chi connectivity index (χ1n) is 6.45. The molecule has 3 N–H and O–H groups in total. The fraction of sp³-hybridized carbons (Fsp3) is 0.462. The Labute approximate surface area is 145 Å². The number of hydrogen-bond donors (Lipinski definition) is 2. The Hall–Kier alpha value is -0.970. The molecule has 0 bridgehead atoms. The highest BCUT2D eigenvalue weighted by atomic mass is 127. The van der Waals surface area contributed by atoms with E-state index in [9.17, 15) is 17.2 Å². The molecule has 2 rings (SSSR count). The first-order valence-corrected chi connectivity index (χ1v) is 8.34. The lowest BCUT2D eigenvalue weighted by molar-refractivity contribution is 0.346. The van der Waals surface area contributed by atoms with E-state index in [1.165, 1.54) is 6.26 Å². The van der Waals surface area contributed by atoms with E-state index in [1.54, 1.807) is 0 Å². The van der Waals surface area contributed by atoms with Crippen molar-refractivity contribution >= 4 is 45.5 Å². The zero-order chi connectivity index (χ0) is 15.7. The minimum atomic E-state index is -3.24. The molecule has 1 aliphatic rings. The van der Waals surface area contributed by atoms with Gasteiger partial charge in [-0.3, -0.25) is 4.99 Å². The smallest absolute Gasteiger partial charge is 0.193 e. The number of nitrogens with two attached hydrogens (primary N) is 1. The number of nitrogens with one attached hydrogen (secondary N) is 1. The number of halogens is 3. The van der Waals surface area contributed by atoms with E-state index in [2.05, 4.69) is 10.3 Å². The largest absolute Gasteiger partial charge is 0.370 e. The Morgan fingerprint density at radius 1 is 1.41 bits per heavy atom. The third-order valence-electron chi connectivity index (χ3n) is 3.78. The second-order valence-electron chi connectivity index (χ2n) is 5.26. The number of hydrogen-bond acceptors (Lipinski definition) is 3. The Morgan fingerprint density at radius 3 is 2.55 bits per heavy atom. The van der Waals surface area contributed by atoms with Crippen LogP contribution >= 0.6 is 24.0 Å². The molecule has 0 aromatic heterocycles. The number of benzene rings is 1. The molecule has 0 heterocycles. The van der Waals surface area contributed by atoms with Crippen LogP contribution in [0.15, 0.2) is 23.2 Å². The van der Waals surface area contributed by atoms with E-state index in [1.807, 2.05) is 0 Å². The van der Waals surface area contributed by atoms with Gasteiger partial charge in [0.25, 0.3) is 0 Å². The van der Waals surface area contributed by atoms with Crippen LogP contribution in [0.3, 0.4) is 0 Å². The molecule has 0 unspecified atom stereocenters. The van der Waals surface area contributed by atoms with Crippen molar-refractivity contribution in [3.63, 3.8) is 0 Å². The van der Waals surface area contributed by atoms with Crippen LogP contribution in [0, 0.1) is 11.6 Å². The van der Waals surface area contributed by atoms with Crippen LogP contribution < -0.4 is 11.1 Å². The van der Waals surface area contributed by atoms with E-state index in [4.69, 9.17) is 5.73 Å². The summed E-state index contributed by atoms with van der Waals surface area (Å²) in [6, 6.07) is 2.91. The number of guanidine groups is 1. The fourth-order valence-electron chi connectivity index (χ4n) is 2.22. The first kappa shape index (κ1) is 19.1. The third-order valence-corrected chi connectivity index (χ3v) is 5.89. The van der Waals surface area contributed by atoms with Crippen molar-refractivity contribution in [1.29, 1.82) is 0 Å². The predicted molar refractivity (Wildman–Crippen MR) is 93.3 cm³/mol. The van der Waals surface area contributed by atoms with Gasteiger partial charge in [-0.15, -0.1) is 24.0 Å². The monoisotopic (exact) mass is 445 g/mol. The standard InChI is InChI=1S/C13H17F2N3O2S.HI/c1-21(19,20)13(5-2-6-13)8-17-12(16)18-11-7-9(14)3-4-10(11)15;/h3-4,7H,2,5-6,8H2,1H3,(H3,16,17,18);1H. The van der Waals surface area contributed by atoms with E-state index >= 15 is 0 Å². The number of anilines is 1. The predicted octanol–water partition coefficient (Wildman–Crippen LogP) is 2.28. The fourth-order valence-corrected chi connectivity index (χ4v) is 3.55. The van der Waals surface area contributed by atoms with E-state index in [0.717, 1.165) is 24.6 Å². The Kier molecular flexibility index (Phi) is 6.13. The zero-order valence-corrected chi connectivity index (χ0v) is 15.1. The van der Waals surface area contributed by atoms with Gasteiger partial charge in [0.1, 0.15) is 11.6 Å². The Bertz CT molecular complexity index is 676. The average Bonchev–Trinajstić information content (AvgIpc) is 2.30. The molecule has 0 spiro atoms. The maximum Gasteiger partial charge on any atom is 0.193 e. The molecular formula is C13H18F2IN3O2S. The maximum absolute atomic E-state index is 13.4. The van der Waals surface area contributed by atoms with Crippen molar-refractivity contribution in [2.24, 2.45) is 10.7 Å². The summed E-state index contributed by atoms with van der Waals surface area (Å²) in [4.78, 5) is 3.97. The molecule has 9 heteroatoms. The molecule has 1 aliphatic carbocycles. The summed E-state index contributed by atoms with van der Waals surface area (Å²) in [6.45, 7) is 0.0155. The Morgan fingerprint density at radius 2 is 2.05 bits per heavy atom. The molecule has 0 amide bonds. The molecular weight excluding hydrogens is 427 g/mol. The molecule has 5 nitrogen and oxygen atoms in total. The molecule has 0 saturated heterocycles. The highest BCUT2D eigenvalue weighted by molar-refractivity contribution is 14.0. The molecule has 124 valence electrons. The van der Waals surface area contributed by atoms with Crippen molar-refractivity contribution in [1.82, 2.24) is 0 Å². The van der Waals surface area contributed by atoms with Crippen molar-refractivity contribution in [3.05, 3.63) is 29.8 Å². The van der Waals surface area contributed by atoms with E-state index < -0.39 is 26.2 Å². The SMILES string of the molecule is CS(=O)(=O)C1(CN=C(N)Nc2cc(F)ccc2F)CCC1.I. The van der Waals surface area contributed by atoms with Gasteiger partial charge < -0.3 is 11.1 Å². The van der Waals surface area contributed by atoms with Gasteiger partial charge in [0.2, 0.25) is 0 Å². The van der Waals surface area contributed by atoms with Crippen LogP contribution in [0.5, 0.6) is 0 Å². The number of sulfone groups is 1. The minimum Gasteiger partial charge on any atom is -0.370 e. The molecule has 0 radical (unpaired) electrons. The normalized spacial score (nSPS) is 17.3. The van der Waals surface area contributed by atoms with Gasteiger partial charge in [0, 0.05) is 12.3 Å². The summed E-state index contributed by atoms with van der Waals surface area (Å²) >= 11 is 0. The van der Waals surface area contributed by atoms with Crippen LogP contribution in [0.25, 0.3) is 0 Å². The second kappa shape index (κ2) is 7.07. The van der Waals surface area contributed by atoms with Crippen molar-refractivity contribution in [2.45, 2.75) is 24.0 Å². The van der Waals surface area contributed by atoms with Crippen LogP contribution in [0.4, 0.5) is 14.5 Å². The van der Waals surface area contributed by atoms with Crippen LogP contribution in [-0.2, 0) is 9.84 Å². The van der Waals surface area contributed by atoms with Gasteiger partial charge in [-0.2, -0.15) is 0 Å². The molecule has 1 saturated carbocycles. The average molecular weight is 445 g/mol. The van der Waals surface area contributed by atoms with Crippen molar-refractivity contribution in [3.8, 4) is 0 Å². The topological polar surface area (TPSA) is 84.5 Å². The quantitative estimate of drug-likeness (QED) is 0.423. The van der Waals surface area contributed by atoms with Crippen LogP contribution in [0.2, 0.25) is 0 Å². The van der Waals surface area contributed by atoms with Crippen LogP contribution in [0.1, 0.15) is 19.3 Å². The lowest BCUT2D eigenvalue weighted by Crippen LogP contribution is -2.48. The summed E-state index contributed by atoms with van der Waals surface area (Å²) in [7, 11) is -3.24. The Balaban J connectivity index is 0.00000242. The maximum atomic E-state index is 13.4. The highest BCUT2D eigenvalue weighted by Gasteiger charge is 2.46. The van der Waals surface area contributed by atoms with Gasteiger partial charge in [-0.1, -0.05) is 6.42 Å². The highest BCUT2D eigenvalue weighted by Crippen LogP contribution is 2.39. The summed E-state index contributed by atoms with van der Waals surface area (Å²) in [5.41, 5.74) is 5.47. The number of aliphatic imine (C=N–C) groups is 1. The van der Waals surface area contributed by atoms with Gasteiger partial charge in [-0.05, 0) is 25.0 Å². The molecule has 1 aromatic carbocycles. The first-order chi connectivity index (χ1) is 9.73. The molecule has 0 atom stereocenters. The molecule has 0 aliphatic heterocycles. The van der Waals surface area contributed by atoms with E-state index in [0.29, 0.717) is 12.8 Å². The lowest BCUT2D eigenvalue weighted by Gasteiger charge is -2.38. The van der Waals surface area contributed by atoms with Crippen LogP contribution in [-0.4, -0.2) is 31.9 Å². The zero-order valence-electron chi connectivity index (χ0n) is 12.0. The summed E-state index contributed by atoms with van der Waals surface area (Å²) < 4.78 is 49.1. The van der Waals surface area contributed by atoms with Crippen molar-refractivity contribution < 1.29 is 17.2 Å². The number of nitrogens with zero attached hydrogens (tertiary/aromatic N) is 1. The minimum absolute atomic E-state index is 0. The summed E-state index contributed by atoms with van der Waals surface area (Å²) in [6.07, 6.45) is 3.08. The molecule has 1 aromatic rings. The van der Waals surface area contributed by atoms with E-state index in [-0.39, 0.29) is 42.2 Å². The lowest BCUT2D eigenvalue weighted by atomic mass is 9.84. The third kappa shape index (κ3) is 4.06. The van der Waals surface area contributed by atoms with Gasteiger partial charge in [0.15, 0.2) is 15.8 Å². The summed E-state index contributed by atoms with van der Waals surface area (Å²) in [5.74, 6) is -1.43. The number of rotatable bonds is 4. The summed E-state index contributed by atoms with van der Waals surface area (Å²) in [5, 5.41) is 2.44. The van der Waals surface area contributed by atoms with Gasteiger partial charge in [-0.25, -0.2) is 17.2 Å². The molecule has 1 fully saturated rings.